The number of anilines is 1. The molecule has 0 aliphatic carbocycles. The highest BCUT2D eigenvalue weighted by Crippen LogP contribution is 2.40. The predicted octanol–water partition coefficient (Wildman–Crippen LogP) is 5.26. The Morgan fingerprint density at radius 1 is 0.680 bits per heavy atom. The summed E-state index contributed by atoms with van der Waals surface area (Å²) in [6.07, 6.45) is 0. The van der Waals surface area contributed by atoms with Gasteiger partial charge < -0.3 is 15.2 Å². The zero-order valence-electron chi connectivity index (χ0n) is 14.2. The van der Waals surface area contributed by atoms with Gasteiger partial charge in [0, 0.05) is 28.1 Å². The molecule has 0 atom stereocenters. The highest BCUT2D eigenvalue weighted by Gasteiger charge is 2.13. The molecule has 0 saturated heterocycles. The van der Waals surface area contributed by atoms with Crippen LogP contribution in [0.25, 0.3) is 32.7 Å². The Balaban J connectivity index is 2.02. The molecule has 4 rings (SSSR count). The van der Waals surface area contributed by atoms with Crippen molar-refractivity contribution in [3.05, 3.63) is 66.7 Å². The van der Waals surface area contributed by atoms with E-state index in [2.05, 4.69) is 36.4 Å². The smallest absolute Gasteiger partial charge is 0.128 e. The van der Waals surface area contributed by atoms with Gasteiger partial charge in [-0.1, -0.05) is 48.5 Å². The number of hydrogen-bond donors (Lipinski definition) is 1. The largest absolute Gasteiger partial charge is 0.496 e. The van der Waals surface area contributed by atoms with Crippen molar-refractivity contribution in [3.63, 3.8) is 0 Å². The molecule has 0 aromatic heterocycles. The van der Waals surface area contributed by atoms with Crippen LogP contribution in [0.15, 0.2) is 66.7 Å². The first-order valence-corrected chi connectivity index (χ1v) is 8.15. The van der Waals surface area contributed by atoms with E-state index < -0.39 is 0 Å². The molecule has 0 spiro atoms. The normalized spacial score (nSPS) is 11.0. The molecule has 0 amide bonds. The van der Waals surface area contributed by atoms with Crippen molar-refractivity contribution in [1.29, 1.82) is 0 Å². The molecule has 0 bridgehead atoms. The van der Waals surface area contributed by atoms with Gasteiger partial charge in [0.15, 0.2) is 0 Å². The topological polar surface area (TPSA) is 44.5 Å². The summed E-state index contributed by atoms with van der Waals surface area (Å²) in [4.78, 5) is 0. The van der Waals surface area contributed by atoms with E-state index in [0.29, 0.717) is 5.69 Å². The van der Waals surface area contributed by atoms with Crippen molar-refractivity contribution >= 4 is 27.2 Å². The fraction of sp³-hybridized carbons (Fsp3) is 0.0909. The zero-order valence-corrected chi connectivity index (χ0v) is 14.2. The summed E-state index contributed by atoms with van der Waals surface area (Å²) < 4.78 is 11.0. The van der Waals surface area contributed by atoms with Gasteiger partial charge in [0.05, 0.1) is 14.2 Å². The fourth-order valence-corrected chi connectivity index (χ4v) is 3.44. The number of ether oxygens (including phenoxy) is 2. The molecule has 3 heteroatoms. The number of hydrogen-bond acceptors (Lipinski definition) is 3. The van der Waals surface area contributed by atoms with Crippen LogP contribution in [0.1, 0.15) is 0 Å². The summed E-state index contributed by atoms with van der Waals surface area (Å²) in [5.74, 6) is 1.66. The minimum atomic E-state index is 0.706. The average molecular weight is 329 g/mol. The van der Waals surface area contributed by atoms with E-state index in [0.717, 1.165) is 44.2 Å². The molecule has 4 aromatic carbocycles. The third-order valence-electron chi connectivity index (χ3n) is 4.61. The second-order valence-corrected chi connectivity index (χ2v) is 5.98. The van der Waals surface area contributed by atoms with Gasteiger partial charge in [-0.15, -0.1) is 0 Å². The molecule has 4 aromatic rings. The van der Waals surface area contributed by atoms with Crippen LogP contribution in [0, 0.1) is 0 Å². The molecular weight excluding hydrogens is 310 g/mol. The summed E-state index contributed by atoms with van der Waals surface area (Å²) in [7, 11) is 3.36. The molecule has 0 heterocycles. The van der Waals surface area contributed by atoms with Gasteiger partial charge in [0.2, 0.25) is 0 Å². The van der Waals surface area contributed by atoms with Crippen LogP contribution >= 0.6 is 0 Å². The van der Waals surface area contributed by atoms with Crippen LogP contribution in [0.4, 0.5) is 5.69 Å². The number of rotatable bonds is 3. The van der Waals surface area contributed by atoms with Gasteiger partial charge in [-0.3, -0.25) is 0 Å². The number of nitrogen functional groups attached to an aromatic ring is 1. The Kier molecular flexibility index (Phi) is 3.69. The molecule has 124 valence electrons. The van der Waals surface area contributed by atoms with Crippen LogP contribution in [0.5, 0.6) is 11.5 Å². The van der Waals surface area contributed by atoms with Crippen LogP contribution in [0.2, 0.25) is 0 Å². The molecule has 2 N–H and O–H groups in total. The first kappa shape index (κ1) is 15.3. The van der Waals surface area contributed by atoms with Crippen LogP contribution in [-0.2, 0) is 0 Å². The minimum absolute atomic E-state index is 0.706. The highest BCUT2D eigenvalue weighted by molar-refractivity contribution is 6.06. The van der Waals surface area contributed by atoms with E-state index in [-0.39, 0.29) is 0 Å². The third-order valence-corrected chi connectivity index (χ3v) is 4.61. The van der Waals surface area contributed by atoms with Gasteiger partial charge in [-0.2, -0.15) is 0 Å². The third kappa shape index (κ3) is 2.45. The molecule has 3 nitrogen and oxygen atoms in total. The van der Waals surface area contributed by atoms with Crippen molar-refractivity contribution in [2.45, 2.75) is 0 Å². The van der Waals surface area contributed by atoms with Gasteiger partial charge in [-0.05, 0) is 28.5 Å². The second kappa shape index (κ2) is 6.02. The maximum Gasteiger partial charge on any atom is 0.128 e. The Labute approximate surface area is 146 Å². The summed E-state index contributed by atoms with van der Waals surface area (Å²) in [5.41, 5.74) is 9.21. The maximum atomic E-state index is 6.39. The number of fused-ring (bicyclic) bond motifs is 2. The van der Waals surface area contributed by atoms with Crippen LogP contribution in [-0.4, -0.2) is 14.2 Å². The number of nitrogens with two attached hydrogens (primary N) is 1. The van der Waals surface area contributed by atoms with E-state index in [1.54, 1.807) is 14.2 Å². The SMILES string of the molecule is COc1cccc2cc(-c3c(N)cc(OC)c4ccccc34)ccc12. The second-order valence-electron chi connectivity index (χ2n) is 5.98. The van der Waals surface area contributed by atoms with Crippen molar-refractivity contribution < 1.29 is 9.47 Å². The Bertz CT molecular complexity index is 1090. The molecule has 0 saturated carbocycles. The Morgan fingerprint density at radius 2 is 1.44 bits per heavy atom. The fourth-order valence-electron chi connectivity index (χ4n) is 3.44. The standard InChI is InChI=1S/C22H19NO2/c1-24-20-9-5-6-14-12-15(10-11-16(14)20)22-18-8-4-3-7-17(18)21(25-2)13-19(22)23/h3-13H,23H2,1-2H3. The lowest BCUT2D eigenvalue weighted by Crippen LogP contribution is -1.95. The van der Waals surface area contributed by atoms with Crippen LogP contribution < -0.4 is 15.2 Å². The minimum Gasteiger partial charge on any atom is -0.496 e. The van der Waals surface area contributed by atoms with E-state index in [1.807, 2.05) is 30.3 Å². The van der Waals surface area contributed by atoms with Crippen molar-refractivity contribution in [2.75, 3.05) is 20.0 Å². The van der Waals surface area contributed by atoms with Crippen LogP contribution in [0.3, 0.4) is 0 Å². The lowest BCUT2D eigenvalue weighted by molar-refractivity contribution is 0.420. The summed E-state index contributed by atoms with van der Waals surface area (Å²) in [5, 5.41) is 4.35. The Morgan fingerprint density at radius 3 is 2.20 bits per heavy atom. The van der Waals surface area contributed by atoms with E-state index in [4.69, 9.17) is 15.2 Å². The molecule has 0 radical (unpaired) electrons. The van der Waals surface area contributed by atoms with Gasteiger partial charge in [-0.25, -0.2) is 0 Å². The summed E-state index contributed by atoms with van der Waals surface area (Å²) in [6, 6.07) is 22.5. The van der Waals surface area contributed by atoms with Gasteiger partial charge >= 0.3 is 0 Å². The van der Waals surface area contributed by atoms with Gasteiger partial charge in [0.1, 0.15) is 11.5 Å². The first-order valence-electron chi connectivity index (χ1n) is 8.15. The first-order chi connectivity index (χ1) is 12.2. The summed E-state index contributed by atoms with van der Waals surface area (Å²) >= 11 is 0. The van der Waals surface area contributed by atoms with Gasteiger partial charge in [0.25, 0.3) is 0 Å². The lowest BCUT2D eigenvalue weighted by Gasteiger charge is -2.15. The molecular formula is C22H19NO2. The monoisotopic (exact) mass is 329 g/mol. The highest BCUT2D eigenvalue weighted by atomic mass is 16.5. The molecule has 25 heavy (non-hydrogen) atoms. The number of benzene rings is 4. The molecule has 0 aliphatic heterocycles. The molecule has 0 fully saturated rings. The van der Waals surface area contributed by atoms with E-state index in [9.17, 15) is 0 Å². The molecule has 0 unspecified atom stereocenters. The Hall–Kier alpha value is -3.20. The van der Waals surface area contributed by atoms with Crippen molar-refractivity contribution in [3.8, 4) is 22.6 Å². The van der Waals surface area contributed by atoms with E-state index >= 15 is 0 Å². The number of methoxy groups -OCH3 is 2. The zero-order chi connectivity index (χ0) is 17.4. The lowest BCUT2D eigenvalue weighted by atomic mass is 9.94. The quantitative estimate of drug-likeness (QED) is 0.521. The van der Waals surface area contributed by atoms with E-state index in [1.165, 1.54) is 0 Å². The maximum absolute atomic E-state index is 6.39. The average Bonchev–Trinajstić information content (AvgIpc) is 2.66. The predicted molar refractivity (Wildman–Crippen MR) is 104 cm³/mol. The summed E-state index contributed by atoms with van der Waals surface area (Å²) in [6.45, 7) is 0. The molecule has 0 aliphatic rings. The van der Waals surface area contributed by atoms with Crippen molar-refractivity contribution in [2.24, 2.45) is 0 Å². The van der Waals surface area contributed by atoms with Crippen molar-refractivity contribution in [1.82, 2.24) is 0 Å².